The van der Waals surface area contributed by atoms with E-state index in [1.165, 1.54) is 0 Å². The fraction of sp³-hybridized carbons (Fsp3) is 0.222. The predicted octanol–water partition coefficient (Wildman–Crippen LogP) is 1.13. The number of allylic oxidation sites excluding steroid dienone is 5. The predicted molar refractivity (Wildman–Crippen MR) is 45.1 cm³/mol. The number of aldehydes is 1. The minimum Gasteiger partial charge on any atom is -0.383 e. The van der Waals surface area contributed by atoms with Gasteiger partial charge in [0, 0.05) is 31.4 Å². The van der Waals surface area contributed by atoms with Crippen LogP contribution < -0.4 is 0 Å². The van der Waals surface area contributed by atoms with Crippen molar-refractivity contribution in [2.75, 3.05) is 14.1 Å². The molecule has 0 aromatic heterocycles. The number of nitrogens with zero attached hydrogens (tertiary/aromatic N) is 1. The van der Waals surface area contributed by atoms with Crippen LogP contribution in [0, 0.1) is 0 Å². The van der Waals surface area contributed by atoms with Crippen LogP contribution in [-0.2, 0) is 4.79 Å². The fourth-order valence-electron chi connectivity index (χ4n) is 0.951. The number of hydrogen-bond acceptors (Lipinski definition) is 2. The zero-order valence-electron chi connectivity index (χ0n) is 6.74. The van der Waals surface area contributed by atoms with Crippen LogP contribution in [0.1, 0.15) is 0 Å². The van der Waals surface area contributed by atoms with E-state index in [2.05, 4.69) is 0 Å². The first-order valence-electron chi connectivity index (χ1n) is 3.46. The molecule has 1 aliphatic carbocycles. The van der Waals surface area contributed by atoms with Gasteiger partial charge in [0.25, 0.3) is 0 Å². The highest BCUT2D eigenvalue weighted by atomic mass is 16.1. The molecular formula is C9H11NO. The van der Waals surface area contributed by atoms with E-state index < -0.39 is 0 Å². The van der Waals surface area contributed by atoms with Gasteiger partial charge >= 0.3 is 0 Å². The van der Waals surface area contributed by atoms with Gasteiger partial charge in [-0.3, -0.25) is 4.79 Å². The van der Waals surface area contributed by atoms with Gasteiger partial charge in [0.15, 0.2) is 6.29 Å². The lowest BCUT2D eigenvalue weighted by molar-refractivity contribution is -0.104. The van der Waals surface area contributed by atoms with E-state index in [1.54, 1.807) is 0 Å². The van der Waals surface area contributed by atoms with Crippen molar-refractivity contribution < 1.29 is 4.79 Å². The maximum absolute atomic E-state index is 10.4. The van der Waals surface area contributed by atoms with Crippen LogP contribution in [-0.4, -0.2) is 25.3 Å². The van der Waals surface area contributed by atoms with E-state index in [1.807, 2.05) is 43.4 Å². The number of carbonyl (C=O) groups is 1. The average Bonchev–Trinajstić information content (AvgIpc) is 2.34. The van der Waals surface area contributed by atoms with E-state index in [9.17, 15) is 4.79 Å². The zero-order chi connectivity index (χ0) is 8.27. The summed E-state index contributed by atoms with van der Waals surface area (Å²) in [7, 11) is 3.86. The molecule has 11 heavy (non-hydrogen) atoms. The third kappa shape index (κ3) is 1.80. The van der Waals surface area contributed by atoms with Gasteiger partial charge in [-0.15, -0.1) is 0 Å². The smallest absolute Gasteiger partial charge is 0.150 e. The summed E-state index contributed by atoms with van der Waals surface area (Å²) in [5.74, 6) is 0. The third-order valence-electron chi connectivity index (χ3n) is 1.41. The highest BCUT2D eigenvalue weighted by Crippen LogP contribution is 2.15. The van der Waals surface area contributed by atoms with E-state index in [0.717, 1.165) is 17.4 Å². The zero-order valence-corrected chi connectivity index (χ0v) is 6.74. The Morgan fingerprint density at radius 1 is 1.45 bits per heavy atom. The lowest BCUT2D eigenvalue weighted by Crippen LogP contribution is -2.02. The largest absolute Gasteiger partial charge is 0.383 e. The van der Waals surface area contributed by atoms with Crippen LogP contribution in [0.25, 0.3) is 0 Å². The molecule has 0 atom stereocenters. The Hall–Kier alpha value is -1.31. The Balaban J connectivity index is 2.82. The molecule has 2 heteroatoms. The number of hydrogen-bond donors (Lipinski definition) is 0. The Kier molecular flexibility index (Phi) is 2.26. The second-order valence-electron chi connectivity index (χ2n) is 2.65. The topological polar surface area (TPSA) is 20.3 Å². The third-order valence-corrected chi connectivity index (χ3v) is 1.41. The summed E-state index contributed by atoms with van der Waals surface area (Å²) in [6.07, 6.45) is 8.39. The summed E-state index contributed by atoms with van der Waals surface area (Å²) in [5.41, 5.74) is 1.73. The highest BCUT2D eigenvalue weighted by Gasteiger charge is 2.04. The van der Waals surface area contributed by atoms with Crippen LogP contribution in [0.3, 0.4) is 0 Å². The molecule has 0 amide bonds. The van der Waals surface area contributed by atoms with Crippen LogP contribution in [0.15, 0.2) is 35.6 Å². The molecule has 0 spiro atoms. The van der Waals surface area contributed by atoms with Crippen molar-refractivity contribution in [1.29, 1.82) is 0 Å². The molecule has 58 valence electrons. The first-order valence-corrected chi connectivity index (χ1v) is 3.46. The molecule has 0 aromatic carbocycles. The molecule has 0 aliphatic heterocycles. The van der Waals surface area contributed by atoms with Gasteiger partial charge in [-0.05, 0) is 0 Å². The van der Waals surface area contributed by atoms with Gasteiger partial charge < -0.3 is 4.90 Å². The monoisotopic (exact) mass is 149 g/mol. The molecular weight excluding hydrogens is 138 g/mol. The Morgan fingerprint density at radius 3 is 2.73 bits per heavy atom. The van der Waals surface area contributed by atoms with E-state index in [0.29, 0.717) is 0 Å². The van der Waals surface area contributed by atoms with Crippen LogP contribution >= 0.6 is 0 Å². The van der Waals surface area contributed by atoms with Crippen molar-refractivity contribution in [2.45, 2.75) is 0 Å². The van der Waals surface area contributed by atoms with Gasteiger partial charge in [0.1, 0.15) is 0 Å². The van der Waals surface area contributed by atoms with E-state index in [-0.39, 0.29) is 0 Å². The molecule has 0 saturated carbocycles. The van der Waals surface area contributed by atoms with Crippen molar-refractivity contribution >= 4 is 6.29 Å². The van der Waals surface area contributed by atoms with Crippen LogP contribution in [0.2, 0.25) is 0 Å². The Labute approximate surface area is 66.5 Å². The summed E-state index contributed by atoms with van der Waals surface area (Å²) in [6, 6.07) is 0. The second-order valence-corrected chi connectivity index (χ2v) is 2.65. The molecule has 0 aromatic rings. The Bertz CT molecular complexity index is 246. The maximum atomic E-state index is 10.4. The van der Waals surface area contributed by atoms with Crippen LogP contribution in [0.4, 0.5) is 0 Å². The lowest BCUT2D eigenvalue weighted by Gasteiger charge is -2.05. The standard InChI is InChI=1S/C9H11NO/c1-10(2)6-8-4-3-5-9(8)7-11/h3-7H,1-2H3/b8-6-. The summed E-state index contributed by atoms with van der Waals surface area (Å²) in [4.78, 5) is 12.4. The first-order chi connectivity index (χ1) is 5.24. The lowest BCUT2D eigenvalue weighted by atomic mass is 10.2. The van der Waals surface area contributed by atoms with Crippen molar-refractivity contribution in [3.8, 4) is 0 Å². The molecule has 0 radical (unpaired) electrons. The summed E-state index contributed by atoms with van der Waals surface area (Å²) in [6.45, 7) is 0. The quantitative estimate of drug-likeness (QED) is 0.548. The molecule has 1 aliphatic rings. The second kappa shape index (κ2) is 3.19. The molecule has 0 saturated heterocycles. The van der Waals surface area contributed by atoms with Crippen molar-refractivity contribution in [3.63, 3.8) is 0 Å². The normalized spacial score (nSPS) is 18.7. The molecule has 0 bridgehead atoms. The molecule has 0 unspecified atom stereocenters. The van der Waals surface area contributed by atoms with Gasteiger partial charge in [0.2, 0.25) is 0 Å². The fourth-order valence-corrected chi connectivity index (χ4v) is 0.951. The van der Waals surface area contributed by atoms with Gasteiger partial charge in [-0.25, -0.2) is 0 Å². The van der Waals surface area contributed by atoms with Crippen LogP contribution in [0.5, 0.6) is 0 Å². The molecule has 1 rings (SSSR count). The van der Waals surface area contributed by atoms with Crippen molar-refractivity contribution in [3.05, 3.63) is 35.6 Å². The van der Waals surface area contributed by atoms with Crippen molar-refractivity contribution in [2.24, 2.45) is 0 Å². The number of rotatable bonds is 2. The van der Waals surface area contributed by atoms with Gasteiger partial charge in [-0.1, -0.05) is 18.2 Å². The van der Waals surface area contributed by atoms with E-state index in [4.69, 9.17) is 0 Å². The first kappa shape index (κ1) is 7.79. The van der Waals surface area contributed by atoms with Gasteiger partial charge in [-0.2, -0.15) is 0 Å². The summed E-state index contributed by atoms with van der Waals surface area (Å²) >= 11 is 0. The number of carbonyl (C=O) groups excluding carboxylic acids is 1. The Morgan fingerprint density at radius 2 is 2.18 bits per heavy atom. The average molecular weight is 149 g/mol. The molecule has 0 heterocycles. The summed E-state index contributed by atoms with van der Waals surface area (Å²) in [5, 5.41) is 0. The molecule has 0 N–H and O–H groups in total. The van der Waals surface area contributed by atoms with Crippen molar-refractivity contribution in [1.82, 2.24) is 4.90 Å². The maximum Gasteiger partial charge on any atom is 0.150 e. The summed E-state index contributed by atoms with van der Waals surface area (Å²) < 4.78 is 0. The minimum absolute atomic E-state index is 0.749. The SMILES string of the molecule is CN(C)/C=C1/C=CC=C1C=O. The minimum atomic E-state index is 0.749. The molecule has 2 nitrogen and oxygen atoms in total. The highest BCUT2D eigenvalue weighted by molar-refractivity contribution is 5.84. The molecule has 0 fully saturated rings. The van der Waals surface area contributed by atoms with E-state index >= 15 is 0 Å². The van der Waals surface area contributed by atoms with Gasteiger partial charge in [0.05, 0.1) is 0 Å².